The number of carbonyl (C=O) groups is 1. The van der Waals surface area contributed by atoms with E-state index in [4.69, 9.17) is 4.74 Å². The van der Waals surface area contributed by atoms with E-state index in [0.717, 1.165) is 18.9 Å². The summed E-state index contributed by atoms with van der Waals surface area (Å²) in [5, 5.41) is 3.07. The first kappa shape index (κ1) is 18.9. The van der Waals surface area contributed by atoms with Crippen LogP contribution < -0.4 is 10.2 Å². The van der Waals surface area contributed by atoms with Gasteiger partial charge in [-0.2, -0.15) is 0 Å². The molecule has 0 aliphatic carbocycles. The van der Waals surface area contributed by atoms with Gasteiger partial charge >= 0.3 is 0 Å². The van der Waals surface area contributed by atoms with Crippen LogP contribution in [0.1, 0.15) is 52.5 Å². The molecule has 140 valence electrons. The second-order valence-corrected chi connectivity index (χ2v) is 8.59. The normalized spacial score (nSPS) is 21.5. The first-order valence-electron chi connectivity index (χ1n) is 9.07. The minimum atomic E-state index is -0.0940. The quantitative estimate of drug-likeness (QED) is 0.884. The fraction of sp³-hybridized carbons (Fsp3) is 0.500. The Bertz CT molecular complexity index is 762. The second-order valence-electron chi connectivity index (χ2n) is 7.13. The Morgan fingerprint density at radius 2 is 2.00 bits per heavy atom. The summed E-state index contributed by atoms with van der Waals surface area (Å²) in [6.45, 7) is 12.0. The summed E-state index contributed by atoms with van der Waals surface area (Å²) < 4.78 is 5.76. The number of ether oxygens (including phenoxy) is 1. The van der Waals surface area contributed by atoms with Crippen molar-refractivity contribution in [1.82, 2.24) is 10.3 Å². The smallest absolute Gasteiger partial charge is 0.253 e. The maximum absolute atomic E-state index is 12.6. The molecule has 1 amide bonds. The van der Waals surface area contributed by atoms with Crippen molar-refractivity contribution in [2.45, 2.75) is 52.9 Å². The number of thiophene rings is 1. The van der Waals surface area contributed by atoms with Crippen LogP contribution in [0.3, 0.4) is 0 Å². The Balaban J connectivity index is 1.66. The van der Waals surface area contributed by atoms with Crippen molar-refractivity contribution < 1.29 is 9.53 Å². The zero-order valence-electron chi connectivity index (χ0n) is 16.1. The van der Waals surface area contributed by atoms with Crippen LogP contribution >= 0.6 is 11.3 Å². The minimum absolute atomic E-state index is 0.0203. The molecule has 0 aromatic carbocycles. The van der Waals surface area contributed by atoms with Crippen LogP contribution in [0.25, 0.3) is 0 Å². The molecule has 0 radical (unpaired) electrons. The number of hydrogen-bond donors (Lipinski definition) is 1. The number of morpholine rings is 1. The van der Waals surface area contributed by atoms with Crippen molar-refractivity contribution in [3.8, 4) is 0 Å². The van der Waals surface area contributed by atoms with Crippen molar-refractivity contribution in [2.24, 2.45) is 0 Å². The molecule has 0 spiro atoms. The fourth-order valence-electron chi connectivity index (χ4n) is 3.51. The molecule has 6 heteroatoms. The molecule has 0 saturated carbocycles. The molecule has 2 aromatic rings. The Morgan fingerprint density at radius 1 is 1.31 bits per heavy atom. The van der Waals surface area contributed by atoms with Crippen molar-refractivity contribution in [2.75, 3.05) is 18.0 Å². The number of rotatable bonds is 4. The number of nitrogens with zero attached hydrogens (tertiary/aromatic N) is 2. The molecule has 0 bridgehead atoms. The summed E-state index contributed by atoms with van der Waals surface area (Å²) in [5.74, 6) is 0.796. The maximum Gasteiger partial charge on any atom is 0.253 e. The van der Waals surface area contributed by atoms with E-state index in [1.54, 1.807) is 17.5 Å². The van der Waals surface area contributed by atoms with E-state index in [1.807, 2.05) is 19.1 Å². The average molecular weight is 374 g/mol. The SMILES string of the molecule is Cc1cc([C@H](C)NC(=O)c2ccc(N3C[C@H](C)O[C@@H](C)C3)nc2)c(C)s1. The number of hydrogen-bond acceptors (Lipinski definition) is 5. The molecule has 1 N–H and O–H groups in total. The molecule has 2 aromatic heterocycles. The lowest BCUT2D eigenvalue weighted by Crippen LogP contribution is -2.45. The summed E-state index contributed by atoms with van der Waals surface area (Å²) >= 11 is 1.76. The largest absolute Gasteiger partial charge is 0.372 e. The first-order valence-corrected chi connectivity index (χ1v) is 9.89. The van der Waals surface area contributed by atoms with E-state index in [2.05, 4.69) is 49.0 Å². The number of anilines is 1. The third-order valence-electron chi connectivity index (χ3n) is 4.65. The molecule has 3 atom stereocenters. The second kappa shape index (κ2) is 7.76. The molecule has 1 fully saturated rings. The summed E-state index contributed by atoms with van der Waals surface area (Å²) in [6.07, 6.45) is 2.02. The third-order valence-corrected chi connectivity index (χ3v) is 5.63. The van der Waals surface area contributed by atoms with Crippen LogP contribution in [0, 0.1) is 13.8 Å². The van der Waals surface area contributed by atoms with E-state index < -0.39 is 0 Å². The van der Waals surface area contributed by atoms with Crippen LogP contribution in [0.5, 0.6) is 0 Å². The molecule has 3 rings (SSSR count). The van der Waals surface area contributed by atoms with Gasteiger partial charge < -0.3 is 15.0 Å². The van der Waals surface area contributed by atoms with Gasteiger partial charge in [0, 0.05) is 29.0 Å². The highest BCUT2D eigenvalue weighted by Crippen LogP contribution is 2.26. The summed E-state index contributed by atoms with van der Waals surface area (Å²) in [5.41, 5.74) is 1.77. The number of aromatic nitrogens is 1. The Kier molecular flexibility index (Phi) is 5.63. The molecular formula is C20H27N3O2S. The fourth-order valence-corrected chi connectivity index (χ4v) is 4.53. The average Bonchev–Trinajstić information content (AvgIpc) is 2.92. The summed E-state index contributed by atoms with van der Waals surface area (Å²) in [7, 11) is 0. The molecule has 1 aliphatic rings. The molecule has 5 nitrogen and oxygen atoms in total. The van der Waals surface area contributed by atoms with E-state index in [9.17, 15) is 4.79 Å². The summed E-state index contributed by atoms with van der Waals surface area (Å²) in [6, 6.07) is 5.89. The van der Waals surface area contributed by atoms with Gasteiger partial charge in [-0.05, 0) is 58.4 Å². The van der Waals surface area contributed by atoms with Gasteiger partial charge in [-0.1, -0.05) is 0 Å². The molecule has 1 aliphatic heterocycles. The first-order chi connectivity index (χ1) is 12.3. The van der Waals surface area contributed by atoms with Crippen molar-refractivity contribution in [1.29, 1.82) is 0 Å². The van der Waals surface area contributed by atoms with E-state index in [-0.39, 0.29) is 24.2 Å². The van der Waals surface area contributed by atoms with Gasteiger partial charge in [0.05, 0.1) is 23.8 Å². The van der Waals surface area contributed by atoms with Gasteiger partial charge in [-0.3, -0.25) is 4.79 Å². The molecule has 1 saturated heterocycles. The Morgan fingerprint density at radius 3 is 2.54 bits per heavy atom. The third kappa shape index (κ3) is 4.24. The van der Waals surface area contributed by atoms with E-state index in [1.165, 1.54) is 15.3 Å². The molecule has 26 heavy (non-hydrogen) atoms. The van der Waals surface area contributed by atoms with Gasteiger partial charge in [0.2, 0.25) is 0 Å². The topological polar surface area (TPSA) is 54.5 Å². The predicted molar refractivity (Wildman–Crippen MR) is 106 cm³/mol. The number of nitrogens with one attached hydrogen (secondary N) is 1. The Labute approximate surface area is 159 Å². The van der Waals surface area contributed by atoms with Crippen molar-refractivity contribution in [3.05, 3.63) is 45.3 Å². The Hall–Kier alpha value is -1.92. The van der Waals surface area contributed by atoms with E-state index >= 15 is 0 Å². The zero-order chi connectivity index (χ0) is 18.8. The predicted octanol–water partition coefficient (Wildman–Crippen LogP) is 3.86. The lowest BCUT2D eigenvalue weighted by atomic mass is 10.1. The number of carbonyl (C=O) groups excluding carboxylic acids is 1. The number of aryl methyl sites for hydroxylation is 2. The molecule has 0 unspecified atom stereocenters. The van der Waals surface area contributed by atoms with Crippen LogP contribution in [0.4, 0.5) is 5.82 Å². The monoisotopic (exact) mass is 373 g/mol. The molecule has 3 heterocycles. The highest BCUT2D eigenvalue weighted by atomic mass is 32.1. The highest BCUT2D eigenvalue weighted by Gasteiger charge is 2.23. The van der Waals surface area contributed by atoms with Crippen LogP contribution in [-0.2, 0) is 4.74 Å². The zero-order valence-corrected chi connectivity index (χ0v) is 16.9. The lowest BCUT2D eigenvalue weighted by molar-refractivity contribution is -0.00546. The van der Waals surface area contributed by atoms with Gasteiger partial charge in [-0.15, -0.1) is 11.3 Å². The van der Waals surface area contributed by atoms with Gasteiger partial charge in [0.15, 0.2) is 0 Å². The molecular weight excluding hydrogens is 346 g/mol. The van der Waals surface area contributed by atoms with Crippen LogP contribution in [0.2, 0.25) is 0 Å². The maximum atomic E-state index is 12.6. The van der Waals surface area contributed by atoms with Crippen LogP contribution in [0.15, 0.2) is 24.4 Å². The van der Waals surface area contributed by atoms with Gasteiger partial charge in [0.1, 0.15) is 5.82 Å². The van der Waals surface area contributed by atoms with Gasteiger partial charge in [-0.25, -0.2) is 4.98 Å². The van der Waals surface area contributed by atoms with Crippen LogP contribution in [-0.4, -0.2) is 36.2 Å². The standard InChI is InChI=1S/C20H27N3O2S/c1-12-10-23(11-13(2)25-12)19-7-6-17(9-21-19)20(24)22-15(4)18-8-14(3)26-16(18)5/h6-9,12-13,15H,10-11H2,1-5H3,(H,22,24)/t12-,13-,15-/m0/s1. The van der Waals surface area contributed by atoms with Gasteiger partial charge in [0.25, 0.3) is 5.91 Å². The van der Waals surface area contributed by atoms with Crippen molar-refractivity contribution >= 4 is 23.1 Å². The number of amides is 1. The minimum Gasteiger partial charge on any atom is -0.372 e. The number of pyridine rings is 1. The van der Waals surface area contributed by atoms with Crippen molar-refractivity contribution in [3.63, 3.8) is 0 Å². The van der Waals surface area contributed by atoms with E-state index in [0.29, 0.717) is 5.56 Å². The highest BCUT2D eigenvalue weighted by molar-refractivity contribution is 7.12. The lowest BCUT2D eigenvalue weighted by Gasteiger charge is -2.36. The summed E-state index contributed by atoms with van der Waals surface area (Å²) in [4.78, 5) is 21.8.